The van der Waals surface area contributed by atoms with Gasteiger partial charge in [0.15, 0.2) is 0 Å². The van der Waals surface area contributed by atoms with Crippen LogP contribution in [-0.4, -0.2) is 26.2 Å². The summed E-state index contributed by atoms with van der Waals surface area (Å²) < 4.78 is 7.56. The van der Waals surface area contributed by atoms with Crippen LogP contribution >= 0.6 is 56.7 Å². The fraction of sp³-hybridized carbons (Fsp3) is 0.571. The highest BCUT2D eigenvalue weighted by Gasteiger charge is 2.08. The summed E-state index contributed by atoms with van der Waals surface area (Å²) in [5.74, 6) is 0.874. The highest BCUT2D eigenvalue weighted by atomic mass is 79.9. The van der Waals surface area contributed by atoms with Gasteiger partial charge in [0.05, 0.1) is 15.6 Å². The number of ether oxygens (including phenoxy) is 1. The lowest BCUT2D eigenvalue weighted by molar-refractivity contribution is 0.336. The molecule has 0 saturated heterocycles. The number of hydrogen-bond acceptors (Lipinski definition) is 3. The van der Waals surface area contributed by atoms with Crippen LogP contribution in [-0.2, 0) is 6.54 Å². The summed E-state index contributed by atoms with van der Waals surface area (Å²) in [5.41, 5.74) is 1.24. The topological polar surface area (TPSA) is 33.3 Å². The average Bonchev–Trinajstić information content (AvgIpc) is 2.38. The Bertz CT molecular complexity index is 372. The van der Waals surface area contributed by atoms with Crippen molar-refractivity contribution in [3.63, 3.8) is 0 Å². The van der Waals surface area contributed by atoms with E-state index in [0.717, 1.165) is 47.3 Å². The second-order valence-corrected chi connectivity index (χ2v) is 5.91. The Hall–Kier alpha value is 0.480. The molecule has 0 aliphatic carbocycles. The van der Waals surface area contributed by atoms with Crippen molar-refractivity contribution in [1.29, 1.82) is 0 Å². The first kappa shape index (κ1) is 23.7. The Morgan fingerprint density at radius 1 is 1.00 bits per heavy atom. The zero-order chi connectivity index (χ0) is 14.1. The normalized spacial score (nSPS) is 9.71. The number of nitrogens with one attached hydrogen (secondary N) is 2. The van der Waals surface area contributed by atoms with Gasteiger partial charge in [0.2, 0.25) is 0 Å². The van der Waals surface area contributed by atoms with Gasteiger partial charge >= 0.3 is 0 Å². The van der Waals surface area contributed by atoms with Crippen molar-refractivity contribution in [2.24, 2.45) is 0 Å². The monoisotopic (exact) mass is 464 g/mol. The van der Waals surface area contributed by atoms with Crippen LogP contribution < -0.4 is 15.4 Å². The van der Waals surface area contributed by atoms with Crippen molar-refractivity contribution in [3.8, 4) is 5.75 Å². The second kappa shape index (κ2) is 14.1. The van der Waals surface area contributed by atoms with Gasteiger partial charge in [-0.05, 0) is 82.5 Å². The fourth-order valence-electron chi connectivity index (χ4n) is 1.74. The molecule has 3 nitrogen and oxygen atoms in total. The molecule has 1 aromatic rings. The van der Waals surface area contributed by atoms with Gasteiger partial charge in [-0.1, -0.05) is 6.92 Å². The molecule has 2 N–H and O–H groups in total. The fourth-order valence-corrected chi connectivity index (χ4v) is 3.25. The van der Waals surface area contributed by atoms with Gasteiger partial charge in [-0.2, -0.15) is 0 Å². The van der Waals surface area contributed by atoms with Crippen molar-refractivity contribution in [1.82, 2.24) is 10.6 Å². The molecule has 0 aliphatic rings. The molecule has 1 rings (SSSR count). The maximum Gasteiger partial charge on any atom is 0.147 e. The molecule has 0 unspecified atom stereocenters. The minimum absolute atomic E-state index is 0. The smallest absolute Gasteiger partial charge is 0.147 e. The number of halogens is 4. The molecule has 0 radical (unpaired) electrons. The van der Waals surface area contributed by atoms with Crippen LogP contribution in [0.25, 0.3) is 0 Å². The molecule has 0 atom stereocenters. The van der Waals surface area contributed by atoms with Crippen LogP contribution in [0.1, 0.15) is 25.8 Å². The second-order valence-electron chi connectivity index (χ2n) is 4.21. The third kappa shape index (κ3) is 9.26. The Morgan fingerprint density at radius 2 is 1.57 bits per heavy atom. The molecule has 124 valence electrons. The van der Waals surface area contributed by atoms with E-state index >= 15 is 0 Å². The summed E-state index contributed by atoms with van der Waals surface area (Å²) in [6.07, 6.45) is 1.15. The summed E-state index contributed by atoms with van der Waals surface area (Å²) in [4.78, 5) is 0. The number of hydrogen-bond donors (Lipinski definition) is 2. The predicted molar refractivity (Wildman–Crippen MR) is 102 cm³/mol. The zero-order valence-corrected chi connectivity index (χ0v) is 17.2. The van der Waals surface area contributed by atoms with Gasteiger partial charge in [-0.15, -0.1) is 24.8 Å². The number of benzene rings is 1. The summed E-state index contributed by atoms with van der Waals surface area (Å²) in [6, 6.07) is 4.21. The van der Waals surface area contributed by atoms with E-state index in [1.807, 2.05) is 6.92 Å². The molecule has 0 aliphatic heterocycles. The predicted octanol–water partition coefficient (Wildman–Crippen LogP) is 4.54. The Kier molecular flexibility index (Phi) is 15.9. The van der Waals surface area contributed by atoms with Gasteiger partial charge in [-0.3, -0.25) is 0 Å². The highest BCUT2D eigenvalue weighted by Crippen LogP contribution is 2.34. The van der Waals surface area contributed by atoms with E-state index in [-0.39, 0.29) is 24.8 Å². The molecule has 0 amide bonds. The van der Waals surface area contributed by atoms with Crippen LogP contribution in [0.3, 0.4) is 0 Å². The van der Waals surface area contributed by atoms with E-state index in [4.69, 9.17) is 4.74 Å². The van der Waals surface area contributed by atoms with Crippen LogP contribution in [0.15, 0.2) is 21.1 Å². The lowest BCUT2D eigenvalue weighted by atomic mass is 10.2. The molecule has 0 bridgehead atoms. The van der Waals surface area contributed by atoms with Crippen molar-refractivity contribution in [3.05, 3.63) is 26.6 Å². The molecule has 0 heterocycles. The van der Waals surface area contributed by atoms with E-state index in [9.17, 15) is 0 Å². The molecule has 0 saturated carbocycles. The summed E-state index contributed by atoms with van der Waals surface area (Å²) in [6.45, 7) is 8.78. The largest absolute Gasteiger partial charge is 0.492 e. The Morgan fingerprint density at radius 3 is 2.10 bits per heavy atom. The summed E-state index contributed by atoms with van der Waals surface area (Å²) >= 11 is 7.10. The average molecular weight is 467 g/mol. The number of rotatable bonds is 9. The first-order valence-corrected chi connectivity index (χ1v) is 8.29. The molecule has 21 heavy (non-hydrogen) atoms. The van der Waals surface area contributed by atoms with Gasteiger partial charge in [-0.25, -0.2) is 0 Å². The molecule has 1 aromatic carbocycles. The Labute approximate surface area is 157 Å². The van der Waals surface area contributed by atoms with E-state index in [1.54, 1.807) is 0 Å². The van der Waals surface area contributed by atoms with E-state index in [1.165, 1.54) is 5.56 Å². The van der Waals surface area contributed by atoms with Gasteiger partial charge in [0, 0.05) is 6.54 Å². The molecule has 7 heteroatoms. The van der Waals surface area contributed by atoms with Crippen molar-refractivity contribution < 1.29 is 4.74 Å². The van der Waals surface area contributed by atoms with E-state index in [0.29, 0.717) is 6.61 Å². The molecule has 0 aromatic heterocycles. The molecule has 0 spiro atoms. The first-order chi connectivity index (χ1) is 9.19. The van der Waals surface area contributed by atoms with Crippen LogP contribution in [0.5, 0.6) is 5.75 Å². The lowest BCUT2D eigenvalue weighted by Crippen LogP contribution is -2.21. The van der Waals surface area contributed by atoms with Crippen molar-refractivity contribution in [2.45, 2.75) is 26.8 Å². The van der Waals surface area contributed by atoms with E-state index in [2.05, 4.69) is 61.5 Å². The minimum atomic E-state index is 0. The quantitative estimate of drug-likeness (QED) is 0.524. The van der Waals surface area contributed by atoms with Crippen LogP contribution in [0, 0.1) is 0 Å². The van der Waals surface area contributed by atoms with Crippen LogP contribution in [0.4, 0.5) is 0 Å². The Balaban J connectivity index is 0. The maximum atomic E-state index is 5.57. The maximum absolute atomic E-state index is 5.57. The van der Waals surface area contributed by atoms with Crippen molar-refractivity contribution in [2.75, 3.05) is 26.2 Å². The third-order valence-electron chi connectivity index (χ3n) is 2.63. The zero-order valence-electron chi connectivity index (χ0n) is 12.4. The minimum Gasteiger partial charge on any atom is -0.492 e. The third-order valence-corrected chi connectivity index (χ3v) is 3.81. The molecular formula is C14H24Br2Cl2N2O. The summed E-state index contributed by atoms with van der Waals surface area (Å²) in [7, 11) is 0. The van der Waals surface area contributed by atoms with E-state index < -0.39 is 0 Å². The first-order valence-electron chi connectivity index (χ1n) is 6.71. The van der Waals surface area contributed by atoms with Gasteiger partial charge < -0.3 is 15.4 Å². The van der Waals surface area contributed by atoms with Gasteiger partial charge in [0.25, 0.3) is 0 Å². The molecule has 0 fully saturated rings. The SMILES string of the molecule is CCNCCCNCc1cc(Br)c(OCC)c(Br)c1.Cl.Cl. The standard InChI is InChI=1S/C14H22Br2N2O.2ClH/c1-3-17-6-5-7-18-10-11-8-12(15)14(19-4-2)13(16)9-11;;/h8-9,17-18H,3-7,10H2,1-2H3;2*1H. The molecular weight excluding hydrogens is 443 g/mol. The van der Waals surface area contributed by atoms with Crippen LogP contribution in [0.2, 0.25) is 0 Å². The lowest BCUT2D eigenvalue weighted by Gasteiger charge is -2.11. The van der Waals surface area contributed by atoms with Crippen molar-refractivity contribution >= 4 is 56.7 Å². The van der Waals surface area contributed by atoms with Gasteiger partial charge in [0.1, 0.15) is 5.75 Å². The highest BCUT2D eigenvalue weighted by molar-refractivity contribution is 9.11. The summed E-state index contributed by atoms with van der Waals surface area (Å²) in [5, 5.41) is 6.76.